The second kappa shape index (κ2) is 8.31. The third-order valence-electron chi connectivity index (χ3n) is 5.15. The van der Waals surface area contributed by atoms with Crippen LogP contribution in [0.3, 0.4) is 0 Å². The predicted octanol–water partition coefficient (Wildman–Crippen LogP) is 3.23. The van der Waals surface area contributed by atoms with E-state index < -0.39 is 11.7 Å². The van der Waals surface area contributed by atoms with E-state index in [1.54, 1.807) is 22.7 Å². The number of aromatic nitrogens is 2. The van der Waals surface area contributed by atoms with Gasteiger partial charge in [0.15, 0.2) is 0 Å². The SMILES string of the molecule is CCOc1cc2nc(C)cn2cc1C(=O)Nc1ccc(N2CCN[C@@H](C)C2)cc1F. The van der Waals surface area contributed by atoms with Gasteiger partial charge in [0.05, 0.1) is 23.6 Å². The number of amides is 1. The van der Waals surface area contributed by atoms with Crippen molar-refractivity contribution >= 4 is 22.9 Å². The molecule has 1 aromatic carbocycles. The molecular formula is C22H26FN5O2. The first kappa shape index (κ1) is 20.2. The molecule has 0 spiro atoms. The first-order valence-electron chi connectivity index (χ1n) is 10.2. The number of hydrogen-bond acceptors (Lipinski definition) is 5. The number of fused-ring (bicyclic) bond motifs is 1. The highest BCUT2D eigenvalue weighted by Gasteiger charge is 2.20. The van der Waals surface area contributed by atoms with E-state index >= 15 is 0 Å². The number of carbonyl (C=O) groups excluding carboxylic acids is 1. The molecule has 0 aliphatic carbocycles. The molecule has 3 heterocycles. The molecule has 2 aromatic heterocycles. The zero-order valence-corrected chi connectivity index (χ0v) is 17.4. The van der Waals surface area contributed by atoms with Crippen LogP contribution in [0.2, 0.25) is 0 Å². The number of pyridine rings is 1. The average molecular weight is 411 g/mol. The third kappa shape index (κ3) is 4.09. The Bertz CT molecular complexity index is 1080. The zero-order valence-electron chi connectivity index (χ0n) is 17.4. The first-order chi connectivity index (χ1) is 14.4. The van der Waals surface area contributed by atoms with Crippen LogP contribution in [0, 0.1) is 12.7 Å². The number of nitrogens with zero attached hydrogens (tertiary/aromatic N) is 3. The number of benzene rings is 1. The van der Waals surface area contributed by atoms with Crippen molar-refractivity contribution in [2.24, 2.45) is 0 Å². The van der Waals surface area contributed by atoms with Crippen molar-refractivity contribution in [3.63, 3.8) is 0 Å². The molecule has 1 aliphatic heterocycles. The van der Waals surface area contributed by atoms with E-state index in [-0.39, 0.29) is 5.69 Å². The summed E-state index contributed by atoms with van der Waals surface area (Å²) in [4.78, 5) is 19.5. The molecule has 0 saturated carbocycles. The summed E-state index contributed by atoms with van der Waals surface area (Å²) in [6.07, 6.45) is 3.48. The Balaban J connectivity index is 1.58. The van der Waals surface area contributed by atoms with Crippen LogP contribution in [0.4, 0.5) is 15.8 Å². The molecule has 3 aromatic rings. The van der Waals surface area contributed by atoms with Crippen LogP contribution >= 0.6 is 0 Å². The molecule has 1 amide bonds. The van der Waals surface area contributed by atoms with E-state index in [2.05, 4.69) is 27.4 Å². The molecule has 30 heavy (non-hydrogen) atoms. The highest BCUT2D eigenvalue weighted by atomic mass is 19.1. The smallest absolute Gasteiger partial charge is 0.261 e. The molecule has 7 nitrogen and oxygen atoms in total. The number of anilines is 2. The molecule has 4 rings (SSSR count). The highest BCUT2D eigenvalue weighted by Crippen LogP contribution is 2.26. The van der Waals surface area contributed by atoms with E-state index in [4.69, 9.17) is 4.74 Å². The van der Waals surface area contributed by atoms with Gasteiger partial charge < -0.3 is 24.7 Å². The number of rotatable bonds is 5. The number of nitrogens with one attached hydrogen (secondary N) is 2. The summed E-state index contributed by atoms with van der Waals surface area (Å²) < 4.78 is 22.2. The standard InChI is InChI=1S/C22H26FN5O2/c1-4-30-20-10-21-25-15(3)12-28(21)13-17(20)22(29)26-19-6-5-16(9-18(19)23)27-8-7-24-14(2)11-27/h5-6,9-10,12-14,24H,4,7-8,11H2,1-3H3,(H,26,29)/t14-/m0/s1. The lowest BCUT2D eigenvalue weighted by Gasteiger charge is -2.33. The minimum Gasteiger partial charge on any atom is -0.493 e. The summed E-state index contributed by atoms with van der Waals surface area (Å²) >= 11 is 0. The van der Waals surface area contributed by atoms with Crippen LogP contribution in [-0.2, 0) is 0 Å². The fraction of sp³-hybridized carbons (Fsp3) is 0.364. The number of piperazine rings is 1. The minimum absolute atomic E-state index is 0.135. The predicted molar refractivity (Wildman–Crippen MR) is 115 cm³/mol. The van der Waals surface area contributed by atoms with Crippen molar-refractivity contribution in [3.8, 4) is 5.75 Å². The van der Waals surface area contributed by atoms with E-state index in [1.807, 2.05) is 26.1 Å². The Morgan fingerprint density at radius 2 is 2.20 bits per heavy atom. The Kier molecular flexibility index (Phi) is 5.59. The summed E-state index contributed by atoms with van der Waals surface area (Å²) in [7, 11) is 0. The van der Waals surface area contributed by atoms with Gasteiger partial charge in [-0.1, -0.05) is 0 Å². The maximum atomic E-state index is 14.8. The van der Waals surface area contributed by atoms with Crippen LogP contribution in [0.1, 0.15) is 29.9 Å². The Morgan fingerprint density at radius 1 is 1.37 bits per heavy atom. The van der Waals surface area contributed by atoms with E-state index in [0.717, 1.165) is 31.0 Å². The largest absolute Gasteiger partial charge is 0.493 e. The summed E-state index contributed by atoms with van der Waals surface area (Å²) in [5, 5.41) is 6.05. The van der Waals surface area contributed by atoms with Gasteiger partial charge in [-0.25, -0.2) is 9.37 Å². The van der Waals surface area contributed by atoms with Gasteiger partial charge >= 0.3 is 0 Å². The van der Waals surface area contributed by atoms with Gasteiger partial charge in [0.1, 0.15) is 17.2 Å². The van der Waals surface area contributed by atoms with E-state index in [1.165, 1.54) is 6.07 Å². The second-order valence-corrected chi connectivity index (χ2v) is 7.55. The number of carbonyl (C=O) groups is 1. The average Bonchev–Trinajstić information content (AvgIpc) is 3.08. The Hall–Kier alpha value is -3.13. The lowest BCUT2D eigenvalue weighted by atomic mass is 10.1. The lowest BCUT2D eigenvalue weighted by molar-refractivity contribution is 0.102. The van der Waals surface area contributed by atoms with Crippen molar-refractivity contribution in [1.29, 1.82) is 0 Å². The lowest BCUT2D eigenvalue weighted by Crippen LogP contribution is -2.49. The maximum Gasteiger partial charge on any atom is 0.261 e. The van der Waals surface area contributed by atoms with E-state index in [0.29, 0.717) is 29.6 Å². The quantitative estimate of drug-likeness (QED) is 0.675. The van der Waals surface area contributed by atoms with Gasteiger partial charge in [0.25, 0.3) is 5.91 Å². The van der Waals surface area contributed by atoms with Crippen molar-refractivity contribution in [2.75, 3.05) is 36.5 Å². The number of hydrogen-bond donors (Lipinski definition) is 2. The molecule has 1 fully saturated rings. The third-order valence-corrected chi connectivity index (χ3v) is 5.15. The summed E-state index contributed by atoms with van der Waals surface area (Å²) in [5.41, 5.74) is 2.79. The molecule has 2 N–H and O–H groups in total. The number of ether oxygens (including phenoxy) is 1. The summed E-state index contributed by atoms with van der Waals surface area (Å²) in [6, 6.07) is 6.98. The minimum atomic E-state index is -0.468. The van der Waals surface area contributed by atoms with E-state index in [9.17, 15) is 9.18 Å². The van der Waals surface area contributed by atoms with Crippen molar-refractivity contribution in [3.05, 3.63) is 53.7 Å². The molecule has 1 aliphatic rings. The molecule has 0 unspecified atom stereocenters. The zero-order chi connectivity index (χ0) is 21.3. The van der Waals surface area contributed by atoms with Crippen LogP contribution in [0.15, 0.2) is 36.7 Å². The first-order valence-corrected chi connectivity index (χ1v) is 10.2. The Labute approximate surface area is 174 Å². The number of imidazole rings is 1. The molecule has 0 radical (unpaired) electrons. The van der Waals surface area contributed by atoms with Gasteiger partial charge in [-0.05, 0) is 39.0 Å². The summed E-state index contributed by atoms with van der Waals surface area (Å²) in [6.45, 7) is 8.72. The van der Waals surface area contributed by atoms with Crippen LogP contribution < -0.4 is 20.3 Å². The fourth-order valence-electron chi connectivity index (χ4n) is 3.75. The molecule has 0 bridgehead atoms. The second-order valence-electron chi connectivity index (χ2n) is 7.55. The molecule has 158 valence electrons. The number of aryl methyl sites for hydroxylation is 1. The van der Waals surface area contributed by atoms with Gasteiger partial charge in [-0.2, -0.15) is 0 Å². The molecule has 1 atom stereocenters. The van der Waals surface area contributed by atoms with Crippen LogP contribution in [0.5, 0.6) is 5.75 Å². The maximum absolute atomic E-state index is 14.8. The van der Waals surface area contributed by atoms with Crippen molar-refractivity contribution < 1.29 is 13.9 Å². The fourth-order valence-corrected chi connectivity index (χ4v) is 3.75. The molecule has 8 heteroatoms. The monoisotopic (exact) mass is 411 g/mol. The highest BCUT2D eigenvalue weighted by molar-refractivity contribution is 6.06. The topological polar surface area (TPSA) is 70.9 Å². The van der Waals surface area contributed by atoms with Crippen molar-refractivity contribution in [2.45, 2.75) is 26.8 Å². The van der Waals surface area contributed by atoms with Gasteiger partial charge in [0, 0.05) is 49.8 Å². The van der Waals surface area contributed by atoms with Gasteiger partial charge in [0.2, 0.25) is 0 Å². The van der Waals surface area contributed by atoms with Crippen LogP contribution in [-0.4, -0.2) is 47.6 Å². The Morgan fingerprint density at radius 3 is 2.93 bits per heavy atom. The van der Waals surface area contributed by atoms with Gasteiger partial charge in [-0.15, -0.1) is 0 Å². The molecule has 1 saturated heterocycles. The number of halogens is 1. The summed E-state index contributed by atoms with van der Waals surface area (Å²) in [5.74, 6) is -0.487. The normalized spacial score (nSPS) is 16.7. The van der Waals surface area contributed by atoms with Crippen LogP contribution in [0.25, 0.3) is 5.65 Å². The van der Waals surface area contributed by atoms with Crippen molar-refractivity contribution in [1.82, 2.24) is 14.7 Å². The molecular weight excluding hydrogens is 385 g/mol. The van der Waals surface area contributed by atoms with Gasteiger partial charge in [-0.3, -0.25) is 4.79 Å².